The van der Waals surface area contributed by atoms with Gasteiger partial charge in [-0.05, 0) is 51.5 Å². The molecule has 27 heavy (non-hydrogen) atoms. The molecule has 0 aliphatic heterocycles. The molecule has 0 bridgehead atoms. The number of hydrogen-bond donors (Lipinski definition) is 0. The third-order valence-corrected chi connectivity index (χ3v) is 4.22. The number of carbonyl (C=O) groups excluding carboxylic acids is 1. The molecule has 6 heteroatoms. The van der Waals surface area contributed by atoms with Gasteiger partial charge in [-0.2, -0.15) is 0 Å². The molecule has 2 aromatic rings. The van der Waals surface area contributed by atoms with E-state index >= 15 is 0 Å². The second kappa shape index (κ2) is 9.80. The van der Waals surface area contributed by atoms with Gasteiger partial charge in [-0.1, -0.05) is 6.07 Å². The lowest BCUT2D eigenvalue weighted by Gasteiger charge is -2.26. The van der Waals surface area contributed by atoms with E-state index in [1.54, 1.807) is 36.5 Å². The Balaban J connectivity index is 2.39. The summed E-state index contributed by atoms with van der Waals surface area (Å²) in [6, 6.07) is 7.12. The number of aromatic nitrogens is 1. The van der Waals surface area contributed by atoms with Crippen molar-refractivity contribution in [2.45, 2.75) is 33.7 Å². The number of benzene rings is 1. The highest BCUT2D eigenvalue weighted by molar-refractivity contribution is 5.95. The van der Waals surface area contributed by atoms with Crippen LogP contribution in [-0.4, -0.2) is 42.7 Å². The van der Waals surface area contributed by atoms with Gasteiger partial charge in [-0.3, -0.25) is 9.78 Å². The number of amides is 1. The molecular weight excluding hydrogens is 344 g/mol. The number of rotatable bonds is 9. The van der Waals surface area contributed by atoms with E-state index < -0.39 is 0 Å². The maximum atomic E-state index is 13.1. The highest BCUT2D eigenvalue weighted by Crippen LogP contribution is 2.39. The van der Waals surface area contributed by atoms with E-state index in [4.69, 9.17) is 14.2 Å². The van der Waals surface area contributed by atoms with Gasteiger partial charge in [0, 0.05) is 25.0 Å². The Morgan fingerprint density at radius 3 is 2.15 bits per heavy atom. The molecule has 1 heterocycles. The fourth-order valence-electron chi connectivity index (χ4n) is 2.74. The van der Waals surface area contributed by atoms with Crippen LogP contribution in [0.5, 0.6) is 17.2 Å². The van der Waals surface area contributed by atoms with Gasteiger partial charge in [0.05, 0.1) is 25.9 Å². The molecule has 2 rings (SSSR count). The predicted octanol–water partition coefficient (Wildman–Crippen LogP) is 4.11. The third kappa shape index (κ3) is 4.90. The minimum atomic E-state index is -0.128. The van der Waals surface area contributed by atoms with Crippen LogP contribution in [0.2, 0.25) is 0 Å². The van der Waals surface area contributed by atoms with E-state index in [2.05, 4.69) is 4.98 Å². The van der Waals surface area contributed by atoms with Crippen molar-refractivity contribution < 1.29 is 19.0 Å². The van der Waals surface area contributed by atoms with Crippen molar-refractivity contribution in [1.29, 1.82) is 0 Å². The van der Waals surface area contributed by atoms with E-state index in [-0.39, 0.29) is 11.9 Å². The maximum Gasteiger partial charge on any atom is 0.254 e. The van der Waals surface area contributed by atoms with Crippen molar-refractivity contribution in [1.82, 2.24) is 9.88 Å². The highest BCUT2D eigenvalue weighted by atomic mass is 16.5. The van der Waals surface area contributed by atoms with Gasteiger partial charge >= 0.3 is 0 Å². The summed E-state index contributed by atoms with van der Waals surface area (Å²) < 4.78 is 17.1. The van der Waals surface area contributed by atoms with Crippen LogP contribution >= 0.6 is 0 Å². The van der Waals surface area contributed by atoms with Crippen LogP contribution in [0.15, 0.2) is 36.7 Å². The lowest BCUT2D eigenvalue weighted by Crippen LogP contribution is -2.29. The molecule has 0 aliphatic carbocycles. The molecule has 0 saturated carbocycles. The summed E-state index contributed by atoms with van der Waals surface area (Å²) in [5.74, 6) is 1.42. The molecule has 1 atom stereocenters. The predicted molar refractivity (Wildman–Crippen MR) is 105 cm³/mol. The zero-order valence-electron chi connectivity index (χ0n) is 16.7. The van der Waals surface area contributed by atoms with Gasteiger partial charge in [0.1, 0.15) is 0 Å². The fraction of sp³-hybridized carbons (Fsp3) is 0.429. The fourth-order valence-corrected chi connectivity index (χ4v) is 2.74. The van der Waals surface area contributed by atoms with Crippen LogP contribution in [0, 0.1) is 0 Å². The quantitative estimate of drug-likeness (QED) is 0.663. The molecule has 146 valence electrons. The average molecular weight is 372 g/mol. The third-order valence-electron chi connectivity index (χ3n) is 4.22. The van der Waals surface area contributed by atoms with Gasteiger partial charge in [-0.15, -0.1) is 0 Å². The van der Waals surface area contributed by atoms with Crippen molar-refractivity contribution in [3.05, 3.63) is 47.8 Å². The molecule has 1 aromatic carbocycles. The summed E-state index contributed by atoms with van der Waals surface area (Å²) in [7, 11) is 1.77. The molecule has 6 nitrogen and oxygen atoms in total. The Hall–Kier alpha value is -2.76. The van der Waals surface area contributed by atoms with E-state index in [1.807, 2.05) is 39.8 Å². The zero-order valence-corrected chi connectivity index (χ0v) is 16.7. The number of carbonyl (C=O) groups is 1. The Morgan fingerprint density at radius 2 is 1.67 bits per heavy atom. The van der Waals surface area contributed by atoms with Gasteiger partial charge in [0.15, 0.2) is 11.5 Å². The smallest absolute Gasteiger partial charge is 0.254 e. The summed E-state index contributed by atoms with van der Waals surface area (Å²) >= 11 is 0. The molecule has 0 radical (unpaired) electrons. The Bertz CT molecular complexity index is 722. The average Bonchev–Trinajstić information content (AvgIpc) is 2.69. The Labute approximate surface area is 161 Å². The van der Waals surface area contributed by atoms with Gasteiger partial charge in [0.25, 0.3) is 5.91 Å². The molecule has 1 unspecified atom stereocenters. The normalized spacial score (nSPS) is 11.6. The highest BCUT2D eigenvalue weighted by Gasteiger charge is 2.23. The summed E-state index contributed by atoms with van der Waals surface area (Å²) in [4.78, 5) is 18.9. The first-order valence-electron chi connectivity index (χ1n) is 9.26. The zero-order chi connectivity index (χ0) is 19.8. The molecule has 0 fully saturated rings. The van der Waals surface area contributed by atoms with Gasteiger partial charge < -0.3 is 19.1 Å². The summed E-state index contributed by atoms with van der Waals surface area (Å²) in [6.45, 7) is 9.05. The number of pyridine rings is 1. The van der Waals surface area contributed by atoms with Crippen LogP contribution in [0.4, 0.5) is 0 Å². The lowest BCUT2D eigenvalue weighted by atomic mass is 10.1. The van der Waals surface area contributed by atoms with Crippen molar-refractivity contribution in [3.63, 3.8) is 0 Å². The van der Waals surface area contributed by atoms with Crippen LogP contribution in [0.1, 0.15) is 49.7 Å². The maximum absolute atomic E-state index is 13.1. The molecule has 0 spiro atoms. The van der Waals surface area contributed by atoms with Crippen molar-refractivity contribution in [2.24, 2.45) is 0 Å². The van der Waals surface area contributed by atoms with Crippen molar-refractivity contribution in [2.75, 3.05) is 26.9 Å². The van der Waals surface area contributed by atoms with Crippen molar-refractivity contribution >= 4 is 5.91 Å². The van der Waals surface area contributed by atoms with E-state index in [0.717, 1.165) is 5.56 Å². The summed E-state index contributed by atoms with van der Waals surface area (Å²) in [5.41, 5.74) is 1.46. The molecular formula is C21H28N2O4. The van der Waals surface area contributed by atoms with E-state index in [9.17, 15) is 4.79 Å². The minimum Gasteiger partial charge on any atom is -0.490 e. The standard InChI is InChI=1S/C21H28N2O4/c1-6-25-18-12-17(13-19(26-7-2)20(18)27-8-3)21(24)23(5)15(4)16-10-9-11-22-14-16/h9-15H,6-8H2,1-5H3. The summed E-state index contributed by atoms with van der Waals surface area (Å²) in [5, 5.41) is 0. The molecule has 1 amide bonds. The molecule has 0 N–H and O–H groups in total. The second-order valence-corrected chi connectivity index (χ2v) is 5.98. The molecule has 1 aromatic heterocycles. The first-order chi connectivity index (χ1) is 13.0. The van der Waals surface area contributed by atoms with Crippen molar-refractivity contribution in [3.8, 4) is 17.2 Å². The Kier molecular flexibility index (Phi) is 7.46. The Morgan fingerprint density at radius 1 is 1.07 bits per heavy atom. The van der Waals surface area contributed by atoms with Gasteiger partial charge in [0.2, 0.25) is 5.75 Å². The number of nitrogens with zero attached hydrogens (tertiary/aromatic N) is 2. The first-order valence-corrected chi connectivity index (χ1v) is 9.26. The van der Waals surface area contributed by atoms with Crippen LogP contribution in [-0.2, 0) is 0 Å². The van der Waals surface area contributed by atoms with E-state index in [1.165, 1.54) is 0 Å². The topological polar surface area (TPSA) is 60.9 Å². The van der Waals surface area contributed by atoms with Gasteiger partial charge in [-0.25, -0.2) is 0 Å². The lowest BCUT2D eigenvalue weighted by molar-refractivity contribution is 0.0741. The van der Waals surface area contributed by atoms with E-state index in [0.29, 0.717) is 42.6 Å². The largest absolute Gasteiger partial charge is 0.490 e. The van der Waals surface area contributed by atoms with Crippen LogP contribution in [0.25, 0.3) is 0 Å². The van der Waals surface area contributed by atoms with Crippen LogP contribution in [0.3, 0.4) is 0 Å². The first kappa shape index (κ1) is 20.6. The summed E-state index contributed by atoms with van der Waals surface area (Å²) in [6.07, 6.45) is 3.48. The number of hydrogen-bond acceptors (Lipinski definition) is 5. The second-order valence-electron chi connectivity index (χ2n) is 5.98. The number of ether oxygens (including phenoxy) is 3. The minimum absolute atomic E-state index is 0.121. The molecule has 0 saturated heterocycles. The monoisotopic (exact) mass is 372 g/mol. The molecule has 0 aliphatic rings. The van der Waals surface area contributed by atoms with Crippen LogP contribution < -0.4 is 14.2 Å². The SMILES string of the molecule is CCOc1cc(C(=O)N(C)C(C)c2cccnc2)cc(OCC)c1OCC.